The number of carbonyl (C=O) groups is 1. The Kier molecular flexibility index (Phi) is 3.18. The largest absolute Gasteiger partial charge is 0.321 e. The van der Waals surface area contributed by atoms with Crippen molar-refractivity contribution in [3.8, 4) is 0 Å². The Morgan fingerprint density at radius 1 is 1.43 bits per heavy atom. The second-order valence-corrected chi connectivity index (χ2v) is 3.28. The van der Waals surface area contributed by atoms with Crippen LogP contribution in [0, 0.1) is 11.6 Å². The van der Waals surface area contributed by atoms with E-state index in [9.17, 15) is 13.6 Å². The van der Waals surface area contributed by atoms with E-state index in [0.29, 0.717) is 0 Å². The lowest BCUT2D eigenvalue weighted by Crippen LogP contribution is -2.26. The van der Waals surface area contributed by atoms with Gasteiger partial charge >= 0.3 is 0 Å². The van der Waals surface area contributed by atoms with Crippen molar-refractivity contribution in [3.63, 3.8) is 0 Å². The molecule has 0 saturated carbocycles. The van der Waals surface area contributed by atoms with Crippen LogP contribution in [-0.2, 0) is 0 Å². The number of hydrogen-bond donors (Lipinski definition) is 1. The minimum absolute atomic E-state index is 0.112. The standard InChI is InChI=1S/C9H8ClF2NO/c1-4(13)9(14)5-2-6(11)8(10)7(12)3-5/h2-4H,13H2,1H3. The maximum Gasteiger partial charge on any atom is 0.179 e. The molecule has 0 aliphatic heterocycles. The van der Waals surface area contributed by atoms with Crippen molar-refractivity contribution in [3.05, 3.63) is 34.4 Å². The van der Waals surface area contributed by atoms with Gasteiger partial charge in [-0.1, -0.05) is 11.6 Å². The Hall–Kier alpha value is -1.00. The van der Waals surface area contributed by atoms with Gasteiger partial charge in [0.2, 0.25) is 0 Å². The first kappa shape index (κ1) is 11.1. The SMILES string of the molecule is CC(N)C(=O)c1cc(F)c(Cl)c(F)c1. The molecule has 2 N–H and O–H groups in total. The highest BCUT2D eigenvalue weighted by Crippen LogP contribution is 2.20. The topological polar surface area (TPSA) is 43.1 Å². The molecule has 14 heavy (non-hydrogen) atoms. The van der Waals surface area contributed by atoms with E-state index in [1.54, 1.807) is 0 Å². The molecule has 1 aromatic rings. The summed E-state index contributed by atoms with van der Waals surface area (Å²) < 4.78 is 25.8. The Labute approximate surface area is 84.7 Å². The van der Waals surface area contributed by atoms with E-state index in [0.717, 1.165) is 12.1 Å². The minimum Gasteiger partial charge on any atom is -0.321 e. The first-order valence-electron chi connectivity index (χ1n) is 3.88. The van der Waals surface area contributed by atoms with Gasteiger partial charge in [0.05, 0.1) is 6.04 Å². The van der Waals surface area contributed by atoms with Crippen LogP contribution in [0.5, 0.6) is 0 Å². The third kappa shape index (κ3) is 2.08. The Morgan fingerprint density at radius 2 is 1.86 bits per heavy atom. The van der Waals surface area contributed by atoms with Crippen molar-refractivity contribution >= 4 is 17.4 Å². The molecule has 0 amide bonds. The third-order valence-electron chi connectivity index (χ3n) is 1.68. The quantitative estimate of drug-likeness (QED) is 0.612. The smallest absolute Gasteiger partial charge is 0.179 e. The highest BCUT2D eigenvalue weighted by Gasteiger charge is 2.16. The number of rotatable bonds is 2. The highest BCUT2D eigenvalue weighted by molar-refractivity contribution is 6.31. The summed E-state index contributed by atoms with van der Waals surface area (Å²) in [5.41, 5.74) is 5.17. The zero-order valence-corrected chi connectivity index (χ0v) is 8.11. The Balaban J connectivity index is 3.19. The third-order valence-corrected chi connectivity index (χ3v) is 2.04. The lowest BCUT2D eigenvalue weighted by molar-refractivity contribution is 0.0967. The van der Waals surface area contributed by atoms with Crippen LogP contribution in [0.15, 0.2) is 12.1 Å². The van der Waals surface area contributed by atoms with E-state index < -0.39 is 28.5 Å². The lowest BCUT2D eigenvalue weighted by Gasteiger charge is -2.05. The van der Waals surface area contributed by atoms with Gasteiger partial charge in [0, 0.05) is 5.56 Å². The molecule has 0 radical (unpaired) electrons. The molecule has 0 aliphatic rings. The molecule has 0 aromatic heterocycles. The van der Waals surface area contributed by atoms with Crippen molar-refractivity contribution in [1.82, 2.24) is 0 Å². The fourth-order valence-corrected chi connectivity index (χ4v) is 1.07. The number of carbonyl (C=O) groups excluding carboxylic acids is 1. The fourth-order valence-electron chi connectivity index (χ4n) is 0.961. The summed E-state index contributed by atoms with van der Waals surface area (Å²) in [5.74, 6) is -2.45. The van der Waals surface area contributed by atoms with Crippen LogP contribution in [0.4, 0.5) is 8.78 Å². The van der Waals surface area contributed by atoms with Crippen LogP contribution in [0.2, 0.25) is 5.02 Å². The van der Waals surface area contributed by atoms with Gasteiger partial charge in [0.15, 0.2) is 5.78 Å². The maximum atomic E-state index is 12.9. The van der Waals surface area contributed by atoms with Crippen LogP contribution in [0.3, 0.4) is 0 Å². The van der Waals surface area contributed by atoms with Crippen LogP contribution in [0.1, 0.15) is 17.3 Å². The summed E-state index contributed by atoms with van der Waals surface area (Å²) in [6.45, 7) is 1.44. The summed E-state index contributed by atoms with van der Waals surface area (Å²) in [5, 5.41) is -0.619. The molecule has 1 aromatic carbocycles. The minimum atomic E-state index is -0.962. The zero-order valence-electron chi connectivity index (χ0n) is 7.35. The Morgan fingerprint density at radius 3 is 2.21 bits per heavy atom. The second kappa shape index (κ2) is 4.02. The normalized spacial score (nSPS) is 12.6. The zero-order chi connectivity index (χ0) is 10.9. The molecule has 1 rings (SSSR count). The molecule has 0 heterocycles. The molecule has 1 unspecified atom stereocenters. The molecule has 0 fully saturated rings. The number of nitrogens with two attached hydrogens (primary N) is 1. The van der Waals surface area contributed by atoms with Crippen LogP contribution in [-0.4, -0.2) is 11.8 Å². The number of ketones is 1. The van der Waals surface area contributed by atoms with Gasteiger partial charge in [-0.3, -0.25) is 4.79 Å². The summed E-state index contributed by atoms with van der Waals surface area (Å²) >= 11 is 5.24. The van der Waals surface area contributed by atoms with Gasteiger partial charge in [0.1, 0.15) is 16.7 Å². The molecule has 1 atom stereocenters. The molecule has 5 heteroatoms. The van der Waals surface area contributed by atoms with Gasteiger partial charge in [-0.15, -0.1) is 0 Å². The van der Waals surface area contributed by atoms with E-state index in [1.165, 1.54) is 6.92 Å². The summed E-state index contributed by atoms with van der Waals surface area (Å²) in [7, 11) is 0. The van der Waals surface area contributed by atoms with Gasteiger partial charge < -0.3 is 5.73 Å². The highest BCUT2D eigenvalue weighted by atomic mass is 35.5. The van der Waals surface area contributed by atoms with Gasteiger partial charge in [-0.05, 0) is 19.1 Å². The first-order valence-corrected chi connectivity index (χ1v) is 4.25. The van der Waals surface area contributed by atoms with Crippen molar-refractivity contribution in [2.24, 2.45) is 5.73 Å². The lowest BCUT2D eigenvalue weighted by atomic mass is 10.1. The van der Waals surface area contributed by atoms with Crippen molar-refractivity contribution in [2.45, 2.75) is 13.0 Å². The molecule has 0 aliphatic carbocycles. The van der Waals surface area contributed by atoms with E-state index >= 15 is 0 Å². The molecule has 2 nitrogen and oxygen atoms in total. The van der Waals surface area contributed by atoms with Gasteiger partial charge in [0.25, 0.3) is 0 Å². The maximum absolute atomic E-state index is 12.9. The molecule has 0 saturated heterocycles. The van der Waals surface area contributed by atoms with Crippen LogP contribution < -0.4 is 5.73 Å². The number of Topliss-reactive ketones (excluding diaryl/α,β-unsaturated/α-hetero) is 1. The van der Waals surface area contributed by atoms with E-state index in [-0.39, 0.29) is 5.56 Å². The monoisotopic (exact) mass is 219 g/mol. The summed E-state index contributed by atoms with van der Waals surface area (Å²) in [6, 6.07) is 0.948. The summed E-state index contributed by atoms with van der Waals surface area (Å²) in [4.78, 5) is 11.3. The Bertz CT molecular complexity index is 356. The van der Waals surface area contributed by atoms with Crippen molar-refractivity contribution in [1.29, 1.82) is 0 Å². The van der Waals surface area contributed by atoms with Crippen molar-refractivity contribution < 1.29 is 13.6 Å². The molecule has 0 bridgehead atoms. The average Bonchev–Trinajstić information content (AvgIpc) is 2.12. The second-order valence-electron chi connectivity index (χ2n) is 2.91. The van der Waals surface area contributed by atoms with E-state index in [2.05, 4.69) is 0 Å². The predicted molar refractivity (Wildman–Crippen MR) is 49.3 cm³/mol. The fraction of sp³-hybridized carbons (Fsp3) is 0.222. The van der Waals surface area contributed by atoms with Gasteiger partial charge in [-0.25, -0.2) is 8.78 Å². The predicted octanol–water partition coefficient (Wildman–Crippen LogP) is 2.15. The van der Waals surface area contributed by atoms with E-state index in [4.69, 9.17) is 17.3 Å². The first-order chi connectivity index (χ1) is 6.43. The van der Waals surface area contributed by atoms with Crippen LogP contribution in [0.25, 0.3) is 0 Å². The molecule has 76 valence electrons. The number of benzene rings is 1. The average molecular weight is 220 g/mol. The van der Waals surface area contributed by atoms with Crippen molar-refractivity contribution in [2.75, 3.05) is 0 Å². The number of hydrogen-bond acceptors (Lipinski definition) is 2. The molecule has 0 spiro atoms. The van der Waals surface area contributed by atoms with E-state index in [1.807, 2.05) is 0 Å². The summed E-state index contributed by atoms with van der Waals surface area (Å²) in [6.07, 6.45) is 0. The van der Waals surface area contributed by atoms with Gasteiger partial charge in [-0.2, -0.15) is 0 Å². The molecular formula is C9H8ClF2NO. The molecular weight excluding hydrogens is 212 g/mol. The number of halogens is 3. The van der Waals surface area contributed by atoms with Crippen LogP contribution >= 0.6 is 11.6 Å².